The predicted molar refractivity (Wildman–Crippen MR) is 83.7 cm³/mol. The molecule has 2 heteroatoms. The fourth-order valence-electron chi connectivity index (χ4n) is 5.44. The Bertz CT molecular complexity index is 439. The topological polar surface area (TPSA) is 6.48 Å². The number of likely N-dealkylation sites (N-methyl/N-ethyl adjacent to an activating group) is 1. The molecule has 2 aliphatic carbocycles. The molecule has 2 spiro atoms. The Balaban J connectivity index is 1.53. The first-order chi connectivity index (χ1) is 9.54. The van der Waals surface area contributed by atoms with E-state index in [0.717, 1.165) is 17.4 Å². The maximum absolute atomic E-state index is 2.92. The van der Waals surface area contributed by atoms with Gasteiger partial charge in [0.05, 0.1) is 0 Å². The third-order valence-electron chi connectivity index (χ3n) is 7.25. The van der Waals surface area contributed by atoms with E-state index in [1.54, 1.807) is 0 Å². The SMILES string of the molecule is CCC1CC12CN([C@H]1CN(C)[C@H](C)C=C[C@@H]1C)C21CC1. The van der Waals surface area contributed by atoms with Gasteiger partial charge >= 0.3 is 0 Å². The third kappa shape index (κ3) is 1.53. The van der Waals surface area contributed by atoms with Gasteiger partial charge in [0, 0.05) is 36.1 Å². The Morgan fingerprint density at radius 1 is 1.20 bits per heavy atom. The lowest BCUT2D eigenvalue weighted by atomic mass is 9.76. The van der Waals surface area contributed by atoms with Crippen LogP contribution in [0.5, 0.6) is 0 Å². The Labute approximate surface area is 124 Å². The average molecular weight is 274 g/mol. The van der Waals surface area contributed by atoms with Gasteiger partial charge in [0.1, 0.15) is 0 Å². The van der Waals surface area contributed by atoms with Crippen molar-refractivity contribution in [3.63, 3.8) is 0 Å². The van der Waals surface area contributed by atoms with E-state index in [9.17, 15) is 0 Å². The molecule has 2 unspecified atom stereocenters. The Morgan fingerprint density at radius 3 is 2.55 bits per heavy atom. The molecule has 0 aromatic rings. The van der Waals surface area contributed by atoms with Gasteiger partial charge in [-0.2, -0.15) is 0 Å². The van der Waals surface area contributed by atoms with Crippen LogP contribution in [-0.2, 0) is 0 Å². The molecule has 2 nitrogen and oxygen atoms in total. The van der Waals surface area contributed by atoms with Gasteiger partial charge in [-0.05, 0) is 45.1 Å². The molecule has 2 aliphatic heterocycles. The van der Waals surface area contributed by atoms with Gasteiger partial charge in [0.2, 0.25) is 0 Å². The van der Waals surface area contributed by atoms with E-state index in [1.165, 1.54) is 38.8 Å². The van der Waals surface area contributed by atoms with Gasteiger partial charge in [0.15, 0.2) is 0 Å². The number of fused-ring (bicyclic) bond motifs is 1. The summed E-state index contributed by atoms with van der Waals surface area (Å²) in [5.74, 6) is 1.76. The van der Waals surface area contributed by atoms with E-state index < -0.39 is 0 Å². The number of likely N-dealkylation sites (tertiary alicyclic amines) is 1. The predicted octanol–water partition coefficient (Wildman–Crippen LogP) is 3.15. The largest absolute Gasteiger partial charge is 0.299 e. The van der Waals surface area contributed by atoms with Crippen LogP contribution in [0.15, 0.2) is 12.2 Å². The quantitative estimate of drug-likeness (QED) is 0.714. The zero-order valence-corrected chi connectivity index (χ0v) is 13.6. The van der Waals surface area contributed by atoms with Gasteiger partial charge in [-0.25, -0.2) is 0 Å². The van der Waals surface area contributed by atoms with Crippen LogP contribution in [0.2, 0.25) is 0 Å². The lowest BCUT2D eigenvalue weighted by Gasteiger charge is -2.56. The normalized spacial score (nSPS) is 50.2. The number of rotatable bonds is 2. The maximum Gasteiger partial charge on any atom is 0.0289 e. The lowest BCUT2D eigenvalue weighted by Crippen LogP contribution is -2.67. The van der Waals surface area contributed by atoms with Crippen molar-refractivity contribution in [3.8, 4) is 0 Å². The summed E-state index contributed by atoms with van der Waals surface area (Å²) in [5.41, 5.74) is 1.41. The third-order valence-corrected chi connectivity index (χ3v) is 7.25. The molecule has 0 aromatic heterocycles. The van der Waals surface area contributed by atoms with E-state index in [-0.39, 0.29) is 0 Å². The van der Waals surface area contributed by atoms with Crippen molar-refractivity contribution in [2.45, 2.75) is 64.1 Å². The molecule has 0 amide bonds. The minimum Gasteiger partial charge on any atom is -0.299 e. The second-order valence-electron chi connectivity index (χ2n) is 8.12. The minimum absolute atomic E-state index is 0.595. The number of hydrogen-bond donors (Lipinski definition) is 0. The van der Waals surface area contributed by atoms with Gasteiger partial charge in [-0.3, -0.25) is 9.80 Å². The van der Waals surface area contributed by atoms with Crippen molar-refractivity contribution in [1.29, 1.82) is 0 Å². The van der Waals surface area contributed by atoms with Crippen molar-refractivity contribution in [1.82, 2.24) is 9.80 Å². The fraction of sp³-hybridized carbons (Fsp3) is 0.889. The highest BCUT2D eigenvalue weighted by atomic mass is 15.4. The summed E-state index contributed by atoms with van der Waals surface area (Å²) in [5, 5.41) is 0. The first-order valence-corrected chi connectivity index (χ1v) is 8.69. The van der Waals surface area contributed by atoms with Crippen molar-refractivity contribution in [2.24, 2.45) is 17.3 Å². The molecule has 0 radical (unpaired) electrons. The summed E-state index contributed by atoms with van der Waals surface area (Å²) in [6.07, 6.45) is 10.8. The molecule has 2 heterocycles. The molecule has 1 saturated heterocycles. The standard InChI is InChI=1S/C18H30N2/c1-5-15-10-17(15)12-20(18(17)8-9-18)16-11-19(4)14(3)7-6-13(16)2/h6-7,13-16H,5,8-12H2,1-4H3/t13-,14+,15?,16-,17?/m0/s1. The molecule has 0 aromatic carbocycles. The van der Waals surface area contributed by atoms with E-state index in [1.807, 2.05) is 0 Å². The van der Waals surface area contributed by atoms with Crippen molar-refractivity contribution in [3.05, 3.63) is 12.2 Å². The summed E-state index contributed by atoms with van der Waals surface area (Å²) in [6.45, 7) is 9.79. The van der Waals surface area contributed by atoms with Crippen molar-refractivity contribution >= 4 is 0 Å². The first kappa shape index (κ1) is 13.3. The minimum atomic E-state index is 0.595. The Morgan fingerprint density at radius 2 is 1.95 bits per heavy atom. The summed E-state index contributed by atoms with van der Waals surface area (Å²) >= 11 is 0. The molecule has 0 bridgehead atoms. The molecule has 3 fully saturated rings. The lowest BCUT2D eigenvalue weighted by molar-refractivity contribution is -0.0851. The molecule has 4 aliphatic rings. The van der Waals surface area contributed by atoms with Crippen LogP contribution >= 0.6 is 0 Å². The van der Waals surface area contributed by atoms with Gasteiger partial charge < -0.3 is 0 Å². The van der Waals surface area contributed by atoms with Crippen molar-refractivity contribution < 1.29 is 0 Å². The van der Waals surface area contributed by atoms with E-state index >= 15 is 0 Å². The van der Waals surface area contributed by atoms with Crippen LogP contribution < -0.4 is 0 Å². The molecule has 2 saturated carbocycles. The fourth-order valence-corrected chi connectivity index (χ4v) is 5.44. The second kappa shape index (κ2) is 4.10. The van der Waals surface area contributed by atoms with Gasteiger partial charge in [-0.1, -0.05) is 32.4 Å². The monoisotopic (exact) mass is 274 g/mol. The Hall–Kier alpha value is -0.340. The van der Waals surface area contributed by atoms with Crippen LogP contribution in [-0.4, -0.2) is 47.6 Å². The molecule has 0 N–H and O–H groups in total. The highest BCUT2D eigenvalue weighted by Crippen LogP contribution is 2.77. The molecule has 112 valence electrons. The zero-order chi connectivity index (χ0) is 14.1. The summed E-state index contributed by atoms with van der Waals surface area (Å²) in [4.78, 5) is 5.46. The summed E-state index contributed by atoms with van der Waals surface area (Å²) in [6, 6.07) is 1.34. The summed E-state index contributed by atoms with van der Waals surface area (Å²) < 4.78 is 0. The summed E-state index contributed by atoms with van der Waals surface area (Å²) in [7, 11) is 2.29. The zero-order valence-electron chi connectivity index (χ0n) is 13.6. The highest BCUT2D eigenvalue weighted by Gasteiger charge is 2.80. The maximum atomic E-state index is 2.92. The van der Waals surface area contributed by atoms with Gasteiger partial charge in [0.25, 0.3) is 0 Å². The van der Waals surface area contributed by atoms with Crippen LogP contribution in [0.4, 0.5) is 0 Å². The average Bonchev–Trinajstić information content (AvgIpc) is 3.29. The molecule has 4 rings (SSSR count). The smallest absolute Gasteiger partial charge is 0.0289 e. The van der Waals surface area contributed by atoms with Crippen LogP contribution in [0.3, 0.4) is 0 Å². The number of hydrogen-bond acceptors (Lipinski definition) is 2. The van der Waals surface area contributed by atoms with E-state index in [0.29, 0.717) is 17.5 Å². The van der Waals surface area contributed by atoms with Gasteiger partial charge in [-0.15, -0.1) is 0 Å². The highest BCUT2D eigenvalue weighted by molar-refractivity contribution is 5.33. The van der Waals surface area contributed by atoms with Crippen LogP contribution in [0.25, 0.3) is 0 Å². The molecule has 20 heavy (non-hydrogen) atoms. The van der Waals surface area contributed by atoms with E-state index in [4.69, 9.17) is 0 Å². The van der Waals surface area contributed by atoms with E-state index in [2.05, 4.69) is 49.8 Å². The van der Waals surface area contributed by atoms with Crippen LogP contribution in [0, 0.1) is 17.3 Å². The molecular weight excluding hydrogens is 244 g/mol. The number of nitrogens with zero attached hydrogens (tertiary/aromatic N) is 2. The van der Waals surface area contributed by atoms with Crippen molar-refractivity contribution in [2.75, 3.05) is 20.1 Å². The molecule has 5 atom stereocenters. The first-order valence-electron chi connectivity index (χ1n) is 8.69. The van der Waals surface area contributed by atoms with Crippen LogP contribution in [0.1, 0.15) is 46.5 Å². The molecular formula is C18H30N2. The Kier molecular flexibility index (Phi) is 2.74. The second-order valence-corrected chi connectivity index (χ2v) is 8.12.